The van der Waals surface area contributed by atoms with E-state index in [1.165, 1.54) is 35.7 Å². The van der Waals surface area contributed by atoms with Gasteiger partial charge in [-0.15, -0.1) is 11.3 Å². The average Bonchev–Trinajstić information content (AvgIpc) is 2.88. The van der Waals surface area contributed by atoms with E-state index in [2.05, 4.69) is 27.0 Å². The number of hydrogen-bond donors (Lipinski definition) is 1. The van der Waals surface area contributed by atoms with Gasteiger partial charge in [0.05, 0.1) is 10.7 Å². The number of piperidine rings is 1. The monoisotopic (exact) mass is 339 g/mol. The van der Waals surface area contributed by atoms with Gasteiger partial charge in [-0.25, -0.2) is 4.98 Å². The Morgan fingerprint density at radius 2 is 1.86 bits per heavy atom. The second kappa shape index (κ2) is 7.32. The van der Waals surface area contributed by atoms with Crippen LogP contribution in [0.1, 0.15) is 46.1 Å². The van der Waals surface area contributed by atoms with Gasteiger partial charge in [-0.3, -0.25) is 4.79 Å². The molecule has 122 valence electrons. The lowest BCUT2D eigenvalue weighted by molar-refractivity contribution is 0.0889. The van der Waals surface area contributed by atoms with Crippen molar-refractivity contribution in [1.82, 2.24) is 15.2 Å². The Morgan fingerprint density at radius 1 is 1.18 bits per heavy atom. The smallest absolute Gasteiger partial charge is 0.263 e. The van der Waals surface area contributed by atoms with Gasteiger partial charge in [0, 0.05) is 25.2 Å². The first-order valence-electron chi connectivity index (χ1n) is 8.20. The summed E-state index contributed by atoms with van der Waals surface area (Å²) >= 11 is 3.58. The van der Waals surface area contributed by atoms with Crippen LogP contribution in [0.2, 0.25) is 0 Å². The highest BCUT2D eigenvalue weighted by Gasteiger charge is 2.27. The normalized spacial score (nSPS) is 21.9. The predicted molar refractivity (Wildman–Crippen MR) is 94.0 cm³/mol. The number of likely N-dealkylation sites (tertiary alicyclic amines) is 1. The highest BCUT2D eigenvalue weighted by Crippen LogP contribution is 2.25. The molecule has 0 radical (unpaired) electrons. The van der Waals surface area contributed by atoms with Gasteiger partial charge in [-0.2, -0.15) is 11.8 Å². The SMILES string of the molecule is Cc1nc(C)c(C(=O)NC2CCN(C3CCSCC3)CC2)s1. The Bertz CT molecular complexity index is 517. The van der Waals surface area contributed by atoms with Crippen molar-refractivity contribution in [3.63, 3.8) is 0 Å². The fraction of sp³-hybridized carbons (Fsp3) is 0.750. The van der Waals surface area contributed by atoms with Crippen LogP contribution in [-0.2, 0) is 0 Å². The van der Waals surface area contributed by atoms with Gasteiger partial charge in [-0.05, 0) is 51.0 Å². The van der Waals surface area contributed by atoms with Crippen LogP contribution in [0.15, 0.2) is 0 Å². The van der Waals surface area contributed by atoms with E-state index in [9.17, 15) is 4.79 Å². The van der Waals surface area contributed by atoms with Gasteiger partial charge in [-0.1, -0.05) is 0 Å². The highest BCUT2D eigenvalue weighted by molar-refractivity contribution is 7.99. The van der Waals surface area contributed by atoms with Crippen molar-refractivity contribution in [1.29, 1.82) is 0 Å². The minimum absolute atomic E-state index is 0.0654. The molecular weight excluding hydrogens is 314 g/mol. The van der Waals surface area contributed by atoms with Gasteiger partial charge in [0.25, 0.3) is 5.91 Å². The van der Waals surface area contributed by atoms with Crippen molar-refractivity contribution in [3.8, 4) is 0 Å². The molecule has 1 N–H and O–H groups in total. The Hall–Kier alpha value is -0.590. The summed E-state index contributed by atoms with van der Waals surface area (Å²) in [5, 5.41) is 4.18. The van der Waals surface area contributed by atoms with E-state index in [-0.39, 0.29) is 5.91 Å². The standard InChI is InChI=1S/C16H25N3OS2/c1-11-15(22-12(2)17-11)16(20)18-13-3-7-19(8-4-13)14-5-9-21-10-6-14/h13-14H,3-10H2,1-2H3,(H,18,20). The van der Waals surface area contributed by atoms with Crippen LogP contribution in [0.4, 0.5) is 0 Å². The molecule has 0 spiro atoms. The van der Waals surface area contributed by atoms with Gasteiger partial charge >= 0.3 is 0 Å². The van der Waals surface area contributed by atoms with Crippen LogP contribution in [0.3, 0.4) is 0 Å². The second-order valence-electron chi connectivity index (χ2n) is 6.27. The third-order valence-electron chi connectivity index (χ3n) is 4.68. The number of rotatable bonds is 3. The van der Waals surface area contributed by atoms with E-state index >= 15 is 0 Å². The van der Waals surface area contributed by atoms with Crippen LogP contribution in [0.25, 0.3) is 0 Å². The Morgan fingerprint density at radius 3 is 2.45 bits per heavy atom. The third-order valence-corrected chi connectivity index (χ3v) is 6.80. The van der Waals surface area contributed by atoms with Crippen molar-refractivity contribution in [2.75, 3.05) is 24.6 Å². The van der Waals surface area contributed by atoms with Gasteiger partial charge < -0.3 is 10.2 Å². The molecule has 2 aliphatic heterocycles. The minimum Gasteiger partial charge on any atom is -0.348 e. The molecule has 1 aromatic heterocycles. The first-order chi connectivity index (χ1) is 10.6. The number of aromatic nitrogens is 1. The maximum Gasteiger partial charge on any atom is 0.263 e. The molecule has 1 aromatic rings. The lowest BCUT2D eigenvalue weighted by Gasteiger charge is -2.39. The zero-order valence-electron chi connectivity index (χ0n) is 13.4. The molecule has 0 aliphatic carbocycles. The number of hydrogen-bond acceptors (Lipinski definition) is 5. The summed E-state index contributed by atoms with van der Waals surface area (Å²) in [7, 11) is 0. The summed E-state index contributed by atoms with van der Waals surface area (Å²) in [5.74, 6) is 2.69. The van der Waals surface area contributed by atoms with Gasteiger partial charge in [0.1, 0.15) is 4.88 Å². The van der Waals surface area contributed by atoms with E-state index < -0.39 is 0 Å². The molecule has 4 nitrogen and oxygen atoms in total. The molecule has 6 heteroatoms. The molecule has 2 saturated heterocycles. The third kappa shape index (κ3) is 3.84. The van der Waals surface area contributed by atoms with Crippen LogP contribution >= 0.6 is 23.1 Å². The maximum atomic E-state index is 12.4. The summed E-state index contributed by atoms with van der Waals surface area (Å²) in [6.45, 7) is 6.12. The lowest BCUT2D eigenvalue weighted by Crippen LogP contribution is -2.48. The fourth-order valence-corrected chi connectivity index (χ4v) is 5.36. The molecule has 0 bridgehead atoms. The summed E-state index contributed by atoms with van der Waals surface area (Å²) in [6.07, 6.45) is 4.82. The van der Waals surface area contributed by atoms with E-state index in [0.29, 0.717) is 6.04 Å². The van der Waals surface area contributed by atoms with E-state index in [1.807, 2.05) is 13.8 Å². The van der Waals surface area contributed by atoms with Gasteiger partial charge in [0.2, 0.25) is 0 Å². The molecule has 0 unspecified atom stereocenters. The molecule has 3 heterocycles. The van der Waals surface area contributed by atoms with E-state index in [4.69, 9.17) is 0 Å². The van der Waals surface area contributed by atoms with Crippen molar-refractivity contribution >= 4 is 29.0 Å². The number of thioether (sulfide) groups is 1. The lowest BCUT2D eigenvalue weighted by atomic mass is 10.0. The molecule has 3 rings (SSSR count). The van der Waals surface area contributed by atoms with Gasteiger partial charge in [0.15, 0.2) is 0 Å². The number of amides is 1. The highest BCUT2D eigenvalue weighted by atomic mass is 32.2. The molecule has 2 fully saturated rings. The number of carbonyl (C=O) groups is 1. The maximum absolute atomic E-state index is 12.4. The second-order valence-corrected chi connectivity index (χ2v) is 8.70. The minimum atomic E-state index is 0.0654. The fourth-order valence-electron chi connectivity index (χ4n) is 3.45. The van der Waals surface area contributed by atoms with Crippen LogP contribution in [0.5, 0.6) is 0 Å². The van der Waals surface area contributed by atoms with E-state index in [0.717, 1.165) is 47.6 Å². The molecule has 0 saturated carbocycles. The van der Waals surface area contributed by atoms with Crippen LogP contribution < -0.4 is 5.32 Å². The molecule has 2 aliphatic rings. The number of carbonyl (C=O) groups excluding carboxylic acids is 1. The van der Waals surface area contributed by atoms with Crippen molar-refractivity contribution in [2.45, 2.75) is 51.6 Å². The zero-order chi connectivity index (χ0) is 15.5. The van der Waals surface area contributed by atoms with E-state index in [1.54, 1.807) is 0 Å². The first kappa shape index (κ1) is 16.3. The Kier molecular flexibility index (Phi) is 5.42. The summed E-state index contributed by atoms with van der Waals surface area (Å²) in [6, 6.07) is 1.10. The molecule has 22 heavy (non-hydrogen) atoms. The summed E-state index contributed by atoms with van der Waals surface area (Å²) in [5.41, 5.74) is 0.858. The van der Waals surface area contributed by atoms with Crippen molar-refractivity contribution < 1.29 is 4.79 Å². The summed E-state index contributed by atoms with van der Waals surface area (Å²) in [4.78, 5) is 20.1. The van der Waals surface area contributed by atoms with Crippen LogP contribution in [-0.4, -0.2) is 52.5 Å². The topological polar surface area (TPSA) is 45.2 Å². The zero-order valence-corrected chi connectivity index (χ0v) is 15.1. The summed E-state index contributed by atoms with van der Waals surface area (Å²) < 4.78 is 0. The molecule has 0 atom stereocenters. The molecular formula is C16H25N3OS2. The Balaban J connectivity index is 1.49. The predicted octanol–water partition coefficient (Wildman–Crippen LogP) is 2.85. The molecule has 1 amide bonds. The quantitative estimate of drug-likeness (QED) is 0.920. The van der Waals surface area contributed by atoms with Crippen LogP contribution in [0, 0.1) is 13.8 Å². The largest absolute Gasteiger partial charge is 0.348 e. The number of nitrogens with zero attached hydrogens (tertiary/aromatic N) is 2. The van der Waals surface area contributed by atoms with Crippen molar-refractivity contribution in [2.24, 2.45) is 0 Å². The molecule has 0 aromatic carbocycles. The Labute approximate surface area is 141 Å². The number of aryl methyl sites for hydroxylation is 2. The number of nitrogens with one attached hydrogen (secondary N) is 1. The number of thiazole rings is 1. The average molecular weight is 340 g/mol. The van der Waals surface area contributed by atoms with Crippen molar-refractivity contribution in [3.05, 3.63) is 15.6 Å². The first-order valence-corrected chi connectivity index (χ1v) is 10.2.